The van der Waals surface area contributed by atoms with Crippen LogP contribution < -0.4 is 4.90 Å². The van der Waals surface area contributed by atoms with Crippen LogP contribution in [0.5, 0.6) is 0 Å². The number of carbonyl (C=O) groups is 1. The Labute approximate surface area is 161 Å². The van der Waals surface area contributed by atoms with E-state index >= 15 is 0 Å². The van der Waals surface area contributed by atoms with E-state index in [2.05, 4.69) is 14.9 Å². The van der Waals surface area contributed by atoms with Crippen molar-refractivity contribution in [3.05, 3.63) is 47.0 Å². The van der Waals surface area contributed by atoms with Gasteiger partial charge in [0.15, 0.2) is 0 Å². The Balaban J connectivity index is 1.37. The van der Waals surface area contributed by atoms with Crippen LogP contribution in [0.15, 0.2) is 38.7 Å². The minimum absolute atomic E-state index is 0.0482. The number of aryl methyl sites for hydroxylation is 1. The second-order valence-corrected chi connectivity index (χ2v) is 7.11. The topological polar surface area (TPSA) is 64.7 Å². The van der Waals surface area contributed by atoms with E-state index in [4.69, 9.17) is 4.42 Å². The lowest BCUT2D eigenvalue weighted by Crippen LogP contribution is -2.49. The molecule has 8 heteroatoms. The molecule has 0 spiro atoms. The van der Waals surface area contributed by atoms with E-state index in [9.17, 15) is 9.18 Å². The van der Waals surface area contributed by atoms with Crippen LogP contribution in [0.25, 0.3) is 0 Å². The Hall–Kier alpha value is -3.16. The van der Waals surface area contributed by atoms with Crippen LogP contribution in [0.1, 0.15) is 21.7 Å². The summed E-state index contributed by atoms with van der Waals surface area (Å²) in [5.74, 6) is 1.51. The van der Waals surface area contributed by atoms with E-state index in [0.29, 0.717) is 55.5 Å². The van der Waals surface area contributed by atoms with E-state index in [-0.39, 0.29) is 11.7 Å². The number of hydrogen-bond acceptors (Lipinski definition) is 6. The first-order valence-corrected chi connectivity index (χ1v) is 9.40. The normalized spacial score (nSPS) is 18.2. The molecule has 28 heavy (non-hydrogen) atoms. The Kier molecular flexibility index (Phi) is 3.92. The van der Waals surface area contributed by atoms with Gasteiger partial charge >= 0.3 is 0 Å². The van der Waals surface area contributed by atoms with Crippen molar-refractivity contribution in [2.24, 2.45) is 9.98 Å². The monoisotopic (exact) mass is 381 g/mol. The third-order valence-electron chi connectivity index (χ3n) is 5.45. The van der Waals surface area contributed by atoms with Gasteiger partial charge in [0.1, 0.15) is 23.8 Å². The third-order valence-corrected chi connectivity index (χ3v) is 5.45. The molecule has 1 amide bonds. The van der Waals surface area contributed by atoms with E-state index in [1.165, 1.54) is 12.1 Å². The molecular weight excluding hydrogens is 361 g/mol. The fraction of sp³-hybridized carbons (Fsp3) is 0.350. The molecule has 0 atom stereocenters. The van der Waals surface area contributed by atoms with Crippen LogP contribution in [-0.4, -0.2) is 67.1 Å². The predicted octanol–water partition coefficient (Wildman–Crippen LogP) is 2.43. The minimum atomic E-state index is -0.246. The zero-order chi connectivity index (χ0) is 19.3. The number of amidine groups is 1. The summed E-state index contributed by atoms with van der Waals surface area (Å²) in [6.07, 6.45) is 1.72. The highest BCUT2D eigenvalue weighted by atomic mass is 19.1. The van der Waals surface area contributed by atoms with Crippen molar-refractivity contribution in [1.82, 2.24) is 9.80 Å². The summed E-state index contributed by atoms with van der Waals surface area (Å²) in [6.45, 7) is 5.84. The Morgan fingerprint density at radius 1 is 1.11 bits per heavy atom. The lowest BCUT2D eigenvalue weighted by molar-refractivity contribution is 0.0745. The van der Waals surface area contributed by atoms with Gasteiger partial charge in [-0.1, -0.05) is 0 Å². The maximum absolute atomic E-state index is 13.3. The predicted molar refractivity (Wildman–Crippen MR) is 104 cm³/mol. The van der Waals surface area contributed by atoms with Gasteiger partial charge in [0.2, 0.25) is 5.88 Å². The first-order valence-electron chi connectivity index (χ1n) is 9.40. The molecule has 7 nitrogen and oxygen atoms in total. The van der Waals surface area contributed by atoms with E-state index in [1.54, 1.807) is 25.4 Å². The second-order valence-electron chi connectivity index (χ2n) is 7.11. The van der Waals surface area contributed by atoms with Gasteiger partial charge in [-0.2, -0.15) is 0 Å². The van der Waals surface area contributed by atoms with Crippen molar-refractivity contribution < 1.29 is 13.6 Å². The Bertz CT molecular complexity index is 987. The number of furan rings is 1. The van der Waals surface area contributed by atoms with Crippen LogP contribution in [-0.2, 0) is 0 Å². The number of amides is 1. The molecule has 2 aromatic rings. The maximum Gasteiger partial charge on any atom is 0.258 e. The van der Waals surface area contributed by atoms with Crippen LogP contribution >= 0.6 is 0 Å². The zero-order valence-corrected chi connectivity index (χ0v) is 15.6. The van der Waals surface area contributed by atoms with Crippen molar-refractivity contribution in [2.75, 3.05) is 44.2 Å². The van der Waals surface area contributed by atoms with Gasteiger partial charge < -0.3 is 19.1 Å². The summed E-state index contributed by atoms with van der Waals surface area (Å²) in [5, 5.41) is 0. The molecule has 4 heterocycles. The van der Waals surface area contributed by atoms with Crippen LogP contribution in [0.2, 0.25) is 0 Å². The first-order chi connectivity index (χ1) is 13.6. The van der Waals surface area contributed by atoms with Crippen molar-refractivity contribution >= 4 is 29.7 Å². The zero-order valence-electron chi connectivity index (χ0n) is 15.6. The van der Waals surface area contributed by atoms with Gasteiger partial charge in [0, 0.05) is 38.4 Å². The van der Waals surface area contributed by atoms with Gasteiger partial charge in [-0.15, -0.1) is 0 Å². The number of benzene rings is 1. The molecule has 0 bridgehead atoms. The average molecular weight is 381 g/mol. The van der Waals surface area contributed by atoms with Gasteiger partial charge in [0.25, 0.3) is 5.91 Å². The maximum atomic E-state index is 13.3. The van der Waals surface area contributed by atoms with E-state index in [0.717, 1.165) is 18.1 Å². The first kappa shape index (κ1) is 17.0. The SMILES string of the molecule is Cc1oc2c(c1C(=O)N1CCN(c3ccc(F)cc3)CC1)C1=NCCN1C=N2. The molecule has 1 aromatic carbocycles. The number of nitrogens with zero attached hydrogens (tertiary/aromatic N) is 5. The number of aliphatic imine (C=N–C) groups is 2. The van der Waals surface area contributed by atoms with E-state index in [1.807, 2.05) is 9.80 Å². The highest BCUT2D eigenvalue weighted by Gasteiger charge is 2.35. The highest BCUT2D eigenvalue weighted by molar-refractivity contribution is 6.17. The summed E-state index contributed by atoms with van der Waals surface area (Å²) >= 11 is 0. The lowest BCUT2D eigenvalue weighted by atomic mass is 10.1. The van der Waals surface area contributed by atoms with Crippen LogP contribution in [0.3, 0.4) is 0 Å². The standard InChI is InChI=1S/C20H20FN5O2/c1-13-16(17-18-22-6-7-26(18)12-23-19(17)28-13)20(27)25-10-8-24(9-11-25)15-4-2-14(21)3-5-15/h2-5,12H,6-11H2,1H3. The number of fused-ring (bicyclic) bond motifs is 3. The molecule has 0 aliphatic carbocycles. The highest BCUT2D eigenvalue weighted by Crippen LogP contribution is 2.35. The molecule has 1 aromatic heterocycles. The van der Waals surface area contributed by atoms with Crippen molar-refractivity contribution in [3.8, 4) is 0 Å². The number of halogens is 1. The minimum Gasteiger partial charge on any atom is -0.442 e. The van der Waals surface area contributed by atoms with Crippen LogP contribution in [0, 0.1) is 12.7 Å². The number of rotatable bonds is 2. The summed E-state index contributed by atoms with van der Waals surface area (Å²) in [6, 6.07) is 6.47. The van der Waals surface area contributed by atoms with Gasteiger partial charge in [-0.25, -0.2) is 9.38 Å². The van der Waals surface area contributed by atoms with Gasteiger partial charge in [0.05, 0.1) is 17.7 Å². The van der Waals surface area contributed by atoms with Crippen LogP contribution in [0.4, 0.5) is 16.0 Å². The molecular formula is C20H20FN5O2. The quantitative estimate of drug-likeness (QED) is 0.802. The number of hydrogen-bond donors (Lipinski definition) is 0. The van der Waals surface area contributed by atoms with Crippen molar-refractivity contribution in [1.29, 1.82) is 0 Å². The number of carbonyl (C=O) groups excluding carboxylic acids is 1. The molecule has 0 saturated carbocycles. The summed E-state index contributed by atoms with van der Waals surface area (Å²) < 4.78 is 18.9. The summed E-state index contributed by atoms with van der Waals surface area (Å²) in [4.78, 5) is 28.2. The second kappa shape index (κ2) is 6.47. The van der Waals surface area contributed by atoms with E-state index < -0.39 is 0 Å². The summed E-state index contributed by atoms with van der Waals surface area (Å²) in [5.41, 5.74) is 2.24. The van der Waals surface area contributed by atoms with Crippen molar-refractivity contribution in [2.45, 2.75) is 6.92 Å². The largest absolute Gasteiger partial charge is 0.442 e. The molecule has 1 fully saturated rings. The lowest BCUT2D eigenvalue weighted by Gasteiger charge is -2.36. The molecule has 144 valence electrons. The smallest absolute Gasteiger partial charge is 0.258 e. The van der Waals surface area contributed by atoms with Crippen molar-refractivity contribution in [3.63, 3.8) is 0 Å². The number of piperazine rings is 1. The molecule has 3 aliphatic heterocycles. The fourth-order valence-corrected chi connectivity index (χ4v) is 3.98. The molecule has 0 N–H and O–H groups in total. The van der Waals surface area contributed by atoms with Gasteiger partial charge in [-0.3, -0.25) is 9.79 Å². The Morgan fingerprint density at radius 2 is 1.86 bits per heavy atom. The molecule has 1 saturated heterocycles. The van der Waals surface area contributed by atoms with Gasteiger partial charge in [-0.05, 0) is 31.2 Å². The molecule has 3 aliphatic rings. The molecule has 0 unspecified atom stereocenters. The fourth-order valence-electron chi connectivity index (χ4n) is 3.98. The Morgan fingerprint density at radius 3 is 2.61 bits per heavy atom. The molecule has 5 rings (SSSR count). The molecule has 0 radical (unpaired) electrons. The average Bonchev–Trinajstić information content (AvgIpc) is 3.31. The third kappa shape index (κ3) is 2.67. The number of anilines is 1. The summed E-state index contributed by atoms with van der Waals surface area (Å²) in [7, 11) is 0.